The summed E-state index contributed by atoms with van der Waals surface area (Å²) in [5.41, 5.74) is 6.22. The van der Waals surface area contributed by atoms with Crippen molar-refractivity contribution in [3.8, 4) is 0 Å². The average Bonchev–Trinajstić information content (AvgIpc) is 2.34. The number of nitrogen functional groups attached to an aromatic ring is 1. The van der Waals surface area contributed by atoms with Crippen LogP contribution in [-0.2, 0) is 0 Å². The maximum absolute atomic E-state index is 10.7. The van der Waals surface area contributed by atoms with E-state index in [4.69, 9.17) is 10.8 Å². The summed E-state index contributed by atoms with van der Waals surface area (Å²) in [7, 11) is 1.75. The Kier molecular flexibility index (Phi) is 5.08. The number of hydrogen-bond donors (Lipinski definition) is 5. The maximum Gasteiger partial charge on any atom is 0.335 e. The summed E-state index contributed by atoms with van der Waals surface area (Å²) in [5.74, 6) is -1.08. The molecule has 0 heterocycles. The Morgan fingerprint density at radius 3 is 2.61 bits per heavy atom. The molecule has 0 radical (unpaired) electrons. The Hall–Kier alpha value is -1.63. The van der Waals surface area contributed by atoms with E-state index >= 15 is 0 Å². The molecule has 100 valence electrons. The van der Waals surface area contributed by atoms with Gasteiger partial charge in [-0.05, 0) is 32.1 Å². The van der Waals surface area contributed by atoms with Crippen molar-refractivity contribution in [2.75, 3.05) is 19.3 Å². The van der Waals surface area contributed by atoms with Crippen molar-refractivity contribution >= 4 is 11.7 Å². The Bertz CT molecular complexity index is 423. The molecule has 0 aliphatic carbocycles. The minimum absolute atomic E-state index is 0.0492. The molecule has 6 heteroatoms. The lowest BCUT2D eigenvalue weighted by molar-refractivity contribution is 0.0144. The summed E-state index contributed by atoms with van der Waals surface area (Å²) in [6.07, 6.45) is -1.70. The molecule has 0 saturated carbocycles. The van der Waals surface area contributed by atoms with E-state index in [1.54, 1.807) is 7.05 Å². The Morgan fingerprint density at radius 2 is 2.11 bits per heavy atom. The molecule has 18 heavy (non-hydrogen) atoms. The largest absolute Gasteiger partial charge is 0.478 e. The second kappa shape index (κ2) is 6.34. The van der Waals surface area contributed by atoms with Crippen LogP contribution in [0.25, 0.3) is 0 Å². The third kappa shape index (κ3) is 3.43. The molecule has 0 saturated heterocycles. The number of aliphatic hydroxyl groups is 2. The molecule has 6 N–H and O–H groups in total. The van der Waals surface area contributed by atoms with Gasteiger partial charge in [-0.3, -0.25) is 0 Å². The van der Waals surface area contributed by atoms with Gasteiger partial charge in [-0.2, -0.15) is 0 Å². The molecule has 0 aliphatic rings. The first-order chi connectivity index (χ1) is 8.47. The van der Waals surface area contributed by atoms with Crippen molar-refractivity contribution in [3.63, 3.8) is 0 Å². The Balaban J connectivity index is 2.86. The number of nitrogens with one attached hydrogen (secondary N) is 1. The van der Waals surface area contributed by atoms with Crippen LogP contribution in [0.4, 0.5) is 5.69 Å². The number of benzene rings is 1. The van der Waals surface area contributed by atoms with E-state index in [0.29, 0.717) is 18.5 Å². The quantitative estimate of drug-likeness (QED) is 0.455. The predicted octanol–water partition coefficient (Wildman–Crippen LogP) is -0.0292. The third-order valence-electron chi connectivity index (χ3n) is 2.71. The summed E-state index contributed by atoms with van der Waals surface area (Å²) in [4.78, 5) is 10.7. The first-order valence-corrected chi connectivity index (χ1v) is 5.60. The van der Waals surface area contributed by atoms with E-state index in [0.717, 1.165) is 0 Å². The number of aliphatic hydroxyl groups excluding tert-OH is 2. The van der Waals surface area contributed by atoms with Crippen molar-refractivity contribution in [2.45, 2.75) is 18.6 Å². The van der Waals surface area contributed by atoms with Crippen LogP contribution in [0.15, 0.2) is 18.2 Å². The fraction of sp³-hybridized carbons (Fsp3) is 0.417. The minimum Gasteiger partial charge on any atom is -0.478 e. The molecule has 0 spiro atoms. The highest BCUT2D eigenvalue weighted by Gasteiger charge is 2.20. The van der Waals surface area contributed by atoms with Crippen molar-refractivity contribution in [2.24, 2.45) is 0 Å². The van der Waals surface area contributed by atoms with Crippen LogP contribution in [0.5, 0.6) is 0 Å². The van der Waals surface area contributed by atoms with Crippen LogP contribution in [0, 0.1) is 0 Å². The maximum atomic E-state index is 10.7. The van der Waals surface area contributed by atoms with E-state index < -0.39 is 18.2 Å². The normalized spacial score (nSPS) is 14.2. The highest BCUT2D eigenvalue weighted by molar-refractivity contribution is 5.89. The molecule has 2 unspecified atom stereocenters. The van der Waals surface area contributed by atoms with Crippen molar-refractivity contribution in [1.82, 2.24) is 5.32 Å². The summed E-state index contributed by atoms with van der Waals surface area (Å²) in [6.45, 7) is 0.561. The van der Waals surface area contributed by atoms with E-state index in [1.807, 2.05) is 0 Å². The zero-order valence-corrected chi connectivity index (χ0v) is 10.1. The zero-order valence-electron chi connectivity index (χ0n) is 10.1. The van der Waals surface area contributed by atoms with Gasteiger partial charge >= 0.3 is 5.97 Å². The lowest BCUT2D eigenvalue weighted by Crippen LogP contribution is -2.24. The van der Waals surface area contributed by atoms with Crippen molar-refractivity contribution in [3.05, 3.63) is 29.3 Å². The smallest absolute Gasteiger partial charge is 0.335 e. The van der Waals surface area contributed by atoms with Crippen molar-refractivity contribution < 1.29 is 20.1 Å². The van der Waals surface area contributed by atoms with Gasteiger partial charge in [-0.1, -0.05) is 6.07 Å². The van der Waals surface area contributed by atoms with Crippen LogP contribution in [0.3, 0.4) is 0 Å². The van der Waals surface area contributed by atoms with Crippen LogP contribution in [0.2, 0.25) is 0 Å². The van der Waals surface area contributed by atoms with E-state index in [2.05, 4.69) is 5.32 Å². The van der Waals surface area contributed by atoms with Gasteiger partial charge in [0.05, 0.1) is 11.7 Å². The Morgan fingerprint density at radius 1 is 1.44 bits per heavy atom. The molecule has 1 rings (SSSR count). The standard InChI is InChI=1S/C12H18N2O4/c1-14-5-4-10(15)11(16)8-3-2-7(12(17)18)6-9(8)13/h2-3,6,10-11,14-16H,4-5,13H2,1H3,(H,17,18). The van der Waals surface area contributed by atoms with Gasteiger partial charge in [0.25, 0.3) is 0 Å². The molecule has 6 nitrogen and oxygen atoms in total. The first kappa shape index (κ1) is 14.4. The number of anilines is 1. The first-order valence-electron chi connectivity index (χ1n) is 5.60. The SMILES string of the molecule is CNCCC(O)C(O)c1ccc(C(=O)O)cc1N. The van der Waals surface area contributed by atoms with Crippen LogP contribution in [0.1, 0.15) is 28.4 Å². The Labute approximate surface area is 105 Å². The lowest BCUT2D eigenvalue weighted by atomic mass is 9.99. The van der Waals surface area contributed by atoms with Gasteiger partial charge in [0.2, 0.25) is 0 Å². The lowest BCUT2D eigenvalue weighted by Gasteiger charge is -2.19. The van der Waals surface area contributed by atoms with Gasteiger partial charge in [-0.15, -0.1) is 0 Å². The van der Waals surface area contributed by atoms with E-state index in [1.165, 1.54) is 18.2 Å². The number of carboxylic acids is 1. The number of rotatable bonds is 6. The monoisotopic (exact) mass is 254 g/mol. The van der Waals surface area contributed by atoms with Gasteiger partial charge in [-0.25, -0.2) is 4.79 Å². The second-order valence-corrected chi connectivity index (χ2v) is 4.05. The molecule has 1 aromatic carbocycles. The van der Waals surface area contributed by atoms with Gasteiger partial charge in [0.1, 0.15) is 6.10 Å². The summed E-state index contributed by atoms with van der Waals surface area (Å²) in [5, 5.41) is 31.3. The predicted molar refractivity (Wildman–Crippen MR) is 67.3 cm³/mol. The van der Waals surface area contributed by atoms with Crippen LogP contribution in [-0.4, -0.2) is 41.0 Å². The average molecular weight is 254 g/mol. The number of carbonyl (C=O) groups is 1. The minimum atomic E-state index is -1.12. The summed E-state index contributed by atoms with van der Waals surface area (Å²) < 4.78 is 0. The number of aromatic carboxylic acids is 1. The highest BCUT2D eigenvalue weighted by atomic mass is 16.4. The van der Waals surface area contributed by atoms with Gasteiger partial charge in [0, 0.05) is 11.3 Å². The van der Waals surface area contributed by atoms with E-state index in [9.17, 15) is 15.0 Å². The fourth-order valence-electron chi connectivity index (χ4n) is 1.63. The molecule has 0 amide bonds. The van der Waals surface area contributed by atoms with Crippen LogP contribution >= 0.6 is 0 Å². The zero-order chi connectivity index (χ0) is 13.7. The van der Waals surface area contributed by atoms with Gasteiger partial charge < -0.3 is 26.4 Å². The molecular formula is C12H18N2O4. The molecule has 0 aromatic heterocycles. The summed E-state index contributed by atoms with van der Waals surface area (Å²) in [6, 6.07) is 4.04. The molecular weight excluding hydrogens is 236 g/mol. The molecule has 0 aliphatic heterocycles. The number of nitrogens with two attached hydrogens (primary N) is 1. The summed E-state index contributed by atoms with van der Waals surface area (Å²) >= 11 is 0. The molecule has 0 fully saturated rings. The highest BCUT2D eigenvalue weighted by Crippen LogP contribution is 2.25. The van der Waals surface area contributed by atoms with Crippen molar-refractivity contribution in [1.29, 1.82) is 0 Å². The molecule has 2 atom stereocenters. The second-order valence-electron chi connectivity index (χ2n) is 4.05. The number of carboxylic acid groups (broad SMARTS) is 1. The number of hydrogen-bond acceptors (Lipinski definition) is 5. The third-order valence-corrected chi connectivity index (χ3v) is 2.71. The molecule has 0 bridgehead atoms. The fourth-order valence-corrected chi connectivity index (χ4v) is 1.63. The van der Waals surface area contributed by atoms with E-state index in [-0.39, 0.29) is 11.3 Å². The molecule has 1 aromatic rings. The van der Waals surface area contributed by atoms with Gasteiger partial charge in [0.15, 0.2) is 0 Å². The van der Waals surface area contributed by atoms with Crippen LogP contribution < -0.4 is 11.1 Å². The topological polar surface area (TPSA) is 116 Å².